The maximum Gasteiger partial charge on any atom is 0.232 e. The lowest BCUT2D eigenvalue weighted by Gasteiger charge is -2.44. The van der Waals surface area contributed by atoms with Crippen LogP contribution < -0.4 is 10.1 Å². The SMILES string of the molecule is CCOc1nc(Nc2cnn(C3CC(N4CCOCC4)C3)c2C)nc2[nH]ccc12. The van der Waals surface area contributed by atoms with Crippen LogP contribution in [-0.4, -0.2) is 68.6 Å². The van der Waals surface area contributed by atoms with Crippen LogP contribution >= 0.6 is 0 Å². The zero-order valence-corrected chi connectivity index (χ0v) is 16.9. The predicted octanol–water partition coefficient (Wildman–Crippen LogP) is 2.64. The van der Waals surface area contributed by atoms with E-state index in [2.05, 4.69) is 41.9 Å². The molecule has 1 saturated heterocycles. The average Bonchev–Trinajstić information content (AvgIpc) is 3.30. The first-order valence-corrected chi connectivity index (χ1v) is 10.3. The molecule has 3 aromatic heterocycles. The summed E-state index contributed by atoms with van der Waals surface area (Å²) in [5.74, 6) is 1.09. The molecule has 29 heavy (non-hydrogen) atoms. The molecule has 1 saturated carbocycles. The highest BCUT2D eigenvalue weighted by Crippen LogP contribution is 2.38. The summed E-state index contributed by atoms with van der Waals surface area (Å²) in [7, 11) is 0. The Hall–Kier alpha value is -2.65. The number of aromatic amines is 1. The summed E-state index contributed by atoms with van der Waals surface area (Å²) in [5, 5.41) is 8.84. The van der Waals surface area contributed by atoms with Crippen molar-refractivity contribution in [3.05, 3.63) is 24.2 Å². The molecule has 2 aliphatic rings. The molecule has 2 fully saturated rings. The van der Waals surface area contributed by atoms with Crippen LogP contribution in [-0.2, 0) is 4.74 Å². The molecule has 154 valence electrons. The van der Waals surface area contributed by atoms with Crippen molar-refractivity contribution in [3.63, 3.8) is 0 Å². The van der Waals surface area contributed by atoms with Gasteiger partial charge in [0.15, 0.2) is 0 Å². The highest BCUT2D eigenvalue weighted by molar-refractivity contribution is 5.82. The number of hydrogen-bond donors (Lipinski definition) is 2. The molecule has 9 nitrogen and oxygen atoms in total. The van der Waals surface area contributed by atoms with E-state index in [1.807, 2.05) is 25.4 Å². The van der Waals surface area contributed by atoms with Crippen molar-refractivity contribution in [3.8, 4) is 5.88 Å². The molecule has 0 unspecified atom stereocenters. The third kappa shape index (κ3) is 3.44. The fourth-order valence-corrected chi connectivity index (χ4v) is 4.25. The normalized spacial score (nSPS) is 22.6. The molecule has 1 aliphatic carbocycles. The number of rotatable bonds is 6. The van der Waals surface area contributed by atoms with E-state index in [9.17, 15) is 0 Å². The molecular weight excluding hydrogens is 370 g/mol. The van der Waals surface area contributed by atoms with Gasteiger partial charge in [-0.05, 0) is 32.8 Å². The van der Waals surface area contributed by atoms with E-state index in [-0.39, 0.29) is 0 Å². The highest BCUT2D eigenvalue weighted by Gasteiger charge is 2.36. The third-order valence-electron chi connectivity index (χ3n) is 5.95. The van der Waals surface area contributed by atoms with Gasteiger partial charge < -0.3 is 19.8 Å². The molecule has 9 heteroatoms. The second-order valence-electron chi connectivity index (χ2n) is 7.67. The summed E-state index contributed by atoms with van der Waals surface area (Å²) in [6.45, 7) is 8.39. The molecule has 0 spiro atoms. The Balaban J connectivity index is 1.30. The van der Waals surface area contributed by atoms with E-state index in [1.54, 1.807) is 0 Å². The molecule has 5 rings (SSSR count). The van der Waals surface area contributed by atoms with Crippen LogP contribution in [0.4, 0.5) is 11.6 Å². The van der Waals surface area contributed by atoms with E-state index in [4.69, 9.17) is 9.47 Å². The van der Waals surface area contributed by atoms with Crippen molar-refractivity contribution in [1.29, 1.82) is 0 Å². The monoisotopic (exact) mass is 397 g/mol. The zero-order chi connectivity index (χ0) is 19.8. The number of nitrogens with one attached hydrogen (secondary N) is 2. The summed E-state index contributed by atoms with van der Waals surface area (Å²) in [6.07, 6.45) is 5.99. The molecule has 2 N–H and O–H groups in total. The largest absolute Gasteiger partial charge is 0.477 e. The minimum Gasteiger partial charge on any atom is -0.477 e. The molecule has 3 aromatic rings. The lowest BCUT2D eigenvalue weighted by Crippen LogP contribution is -2.50. The number of ether oxygens (including phenoxy) is 2. The van der Waals surface area contributed by atoms with Crippen molar-refractivity contribution in [1.82, 2.24) is 29.6 Å². The van der Waals surface area contributed by atoms with Gasteiger partial charge in [-0.25, -0.2) is 0 Å². The van der Waals surface area contributed by atoms with Crippen LogP contribution in [0.2, 0.25) is 0 Å². The van der Waals surface area contributed by atoms with E-state index >= 15 is 0 Å². The van der Waals surface area contributed by atoms with Gasteiger partial charge in [0.25, 0.3) is 0 Å². The van der Waals surface area contributed by atoms with E-state index in [0.717, 1.165) is 61.6 Å². The van der Waals surface area contributed by atoms with Crippen LogP contribution in [0.25, 0.3) is 11.0 Å². The van der Waals surface area contributed by atoms with Gasteiger partial charge in [0.1, 0.15) is 5.65 Å². The van der Waals surface area contributed by atoms with Crippen molar-refractivity contribution >= 4 is 22.7 Å². The molecule has 4 heterocycles. The number of aromatic nitrogens is 5. The molecule has 0 bridgehead atoms. The van der Waals surface area contributed by atoms with Crippen molar-refractivity contribution in [2.45, 2.75) is 38.8 Å². The maximum atomic E-state index is 5.68. The van der Waals surface area contributed by atoms with Crippen LogP contribution in [0.5, 0.6) is 5.88 Å². The van der Waals surface area contributed by atoms with Gasteiger partial charge in [-0.15, -0.1) is 0 Å². The van der Waals surface area contributed by atoms with Gasteiger partial charge in [-0.2, -0.15) is 15.1 Å². The lowest BCUT2D eigenvalue weighted by molar-refractivity contribution is -0.0165. The van der Waals surface area contributed by atoms with Crippen molar-refractivity contribution in [2.24, 2.45) is 0 Å². The van der Waals surface area contributed by atoms with Gasteiger partial charge in [-0.1, -0.05) is 0 Å². The molecule has 1 aliphatic heterocycles. The van der Waals surface area contributed by atoms with Crippen molar-refractivity contribution < 1.29 is 9.47 Å². The first kappa shape index (κ1) is 18.4. The Labute approximate surface area is 169 Å². The Morgan fingerprint density at radius 2 is 2.07 bits per heavy atom. The van der Waals surface area contributed by atoms with Gasteiger partial charge in [0, 0.05) is 25.3 Å². The molecular formula is C20H27N7O2. The quantitative estimate of drug-likeness (QED) is 0.660. The number of hydrogen-bond acceptors (Lipinski definition) is 7. The van der Waals surface area contributed by atoms with Gasteiger partial charge >= 0.3 is 0 Å². The molecule has 0 radical (unpaired) electrons. The summed E-state index contributed by atoms with van der Waals surface area (Å²) < 4.78 is 13.3. The average molecular weight is 397 g/mol. The fourth-order valence-electron chi connectivity index (χ4n) is 4.25. The maximum absolute atomic E-state index is 5.68. The van der Waals surface area contributed by atoms with E-state index < -0.39 is 0 Å². The number of H-pyrrole nitrogens is 1. The second-order valence-corrected chi connectivity index (χ2v) is 7.67. The summed E-state index contributed by atoms with van der Waals surface area (Å²) in [5.41, 5.74) is 2.78. The first-order chi connectivity index (χ1) is 14.2. The van der Waals surface area contributed by atoms with Crippen molar-refractivity contribution in [2.75, 3.05) is 38.2 Å². The van der Waals surface area contributed by atoms with E-state index in [0.29, 0.717) is 30.5 Å². The Morgan fingerprint density at radius 1 is 1.24 bits per heavy atom. The van der Waals surface area contributed by atoms with Crippen LogP contribution in [0.15, 0.2) is 18.5 Å². The minimum absolute atomic E-state index is 0.448. The molecule has 0 amide bonds. The molecule has 0 atom stereocenters. The zero-order valence-electron chi connectivity index (χ0n) is 16.9. The molecule has 0 aromatic carbocycles. The summed E-state index contributed by atoms with van der Waals surface area (Å²) >= 11 is 0. The lowest BCUT2D eigenvalue weighted by atomic mass is 9.85. The third-order valence-corrected chi connectivity index (χ3v) is 5.95. The van der Waals surface area contributed by atoms with Crippen LogP contribution in [0.3, 0.4) is 0 Å². The Morgan fingerprint density at radius 3 is 2.86 bits per heavy atom. The Bertz CT molecular complexity index is 986. The highest BCUT2D eigenvalue weighted by atomic mass is 16.5. The number of fused-ring (bicyclic) bond motifs is 1. The van der Waals surface area contributed by atoms with Gasteiger partial charge in [0.05, 0.1) is 48.8 Å². The predicted molar refractivity (Wildman–Crippen MR) is 110 cm³/mol. The van der Waals surface area contributed by atoms with Crippen LogP contribution in [0, 0.1) is 6.92 Å². The Kier molecular flexibility index (Phi) is 4.84. The fraction of sp³-hybridized carbons (Fsp3) is 0.550. The number of nitrogens with zero attached hydrogens (tertiary/aromatic N) is 5. The van der Waals surface area contributed by atoms with Crippen LogP contribution in [0.1, 0.15) is 31.5 Å². The van der Waals surface area contributed by atoms with E-state index in [1.165, 1.54) is 0 Å². The van der Waals surface area contributed by atoms with Gasteiger partial charge in [0.2, 0.25) is 11.8 Å². The number of morpholine rings is 1. The second kappa shape index (κ2) is 7.64. The topological polar surface area (TPSA) is 93.1 Å². The van der Waals surface area contributed by atoms with Gasteiger partial charge in [-0.3, -0.25) is 9.58 Å². The summed E-state index contributed by atoms with van der Waals surface area (Å²) in [4.78, 5) is 14.8. The summed E-state index contributed by atoms with van der Waals surface area (Å²) in [6, 6.07) is 3.02. The minimum atomic E-state index is 0.448. The smallest absolute Gasteiger partial charge is 0.232 e. The first-order valence-electron chi connectivity index (χ1n) is 10.3. The standard InChI is InChI=1S/C20H27N7O2/c1-3-29-19-16-4-5-21-18(16)24-20(25-19)23-17-12-22-27(13(17)2)15-10-14(11-15)26-6-8-28-9-7-26/h4-5,12,14-15H,3,6-11H2,1-2H3,(H2,21,23,24,25). The number of anilines is 2.